The van der Waals surface area contributed by atoms with E-state index in [2.05, 4.69) is 15.5 Å². The summed E-state index contributed by atoms with van der Waals surface area (Å²) in [6.45, 7) is 1.95. The molecule has 0 aliphatic heterocycles. The van der Waals surface area contributed by atoms with E-state index in [-0.39, 0.29) is 11.5 Å². The molecule has 1 amide bonds. The van der Waals surface area contributed by atoms with Gasteiger partial charge in [0.2, 0.25) is 0 Å². The summed E-state index contributed by atoms with van der Waals surface area (Å²) in [6, 6.07) is 6.27. The summed E-state index contributed by atoms with van der Waals surface area (Å²) in [7, 11) is 0. The smallest absolute Gasteiger partial charge is 0.326 e. The summed E-state index contributed by atoms with van der Waals surface area (Å²) in [5.41, 5.74) is 1.30. The largest absolute Gasteiger partial charge is 0.480 e. The van der Waals surface area contributed by atoms with Crippen molar-refractivity contribution in [1.82, 2.24) is 15.5 Å². The molecule has 0 saturated heterocycles. The first-order chi connectivity index (χ1) is 11.0. The molecule has 23 heavy (non-hydrogen) atoms. The number of halogens is 1. The molecule has 122 valence electrons. The molecule has 0 spiro atoms. The highest BCUT2D eigenvalue weighted by molar-refractivity contribution is 5.95. The van der Waals surface area contributed by atoms with Crippen LogP contribution in [0.2, 0.25) is 0 Å². The summed E-state index contributed by atoms with van der Waals surface area (Å²) >= 11 is 0. The average molecular weight is 319 g/mol. The molecule has 0 aliphatic rings. The fraction of sp³-hybridized carbons (Fsp3) is 0.312. The number of hydrogen-bond acceptors (Lipinski definition) is 3. The van der Waals surface area contributed by atoms with Crippen LogP contribution in [0.25, 0.3) is 11.3 Å². The highest BCUT2D eigenvalue weighted by atomic mass is 19.1. The van der Waals surface area contributed by atoms with E-state index in [1.165, 1.54) is 18.2 Å². The first kappa shape index (κ1) is 16.7. The van der Waals surface area contributed by atoms with Gasteiger partial charge in [0.1, 0.15) is 17.6 Å². The Morgan fingerprint density at radius 1 is 1.35 bits per heavy atom. The summed E-state index contributed by atoms with van der Waals surface area (Å²) in [6.07, 6.45) is 1.93. The predicted octanol–water partition coefficient (Wildman–Crippen LogP) is 2.59. The third-order valence-corrected chi connectivity index (χ3v) is 3.41. The monoisotopic (exact) mass is 319 g/mol. The van der Waals surface area contributed by atoms with Crippen LogP contribution in [-0.4, -0.2) is 33.2 Å². The lowest BCUT2D eigenvalue weighted by Gasteiger charge is -2.13. The van der Waals surface area contributed by atoms with Crippen LogP contribution in [-0.2, 0) is 4.79 Å². The van der Waals surface area contributed by atoms with Gasteiger partial charge < -0.3 is 10.4 Å². The molecule has 1 unspecified atom stereocenters. The van der Waals surface area contributed by atoms with Gasteiger partial charge in [0.25, 0.3) is 5.91 Å². The van der Waals surface area contributed by atoms with Gasteiger partial charge in [0.05, 0.1) is 5.69 Å². The zero-order valence-corrected chi connectivity index (χ0v) is 12.7. The van der Waals surface area contributed by atoms with Crippen molar-refractivity contribution in [2.45, 2.75) is 32.2 Å². The van der Waals surface area contributed by atoms with Gasteiger partial charge in [-0.1, -0.05) is 19.8 Å². The molecule has 1 heterocycles. The Kier molecular flexibility index (Phi) is 5.46. The molecule has 2 aromatic rings. The SMILES string of the molecule is CCCCC(NC(=O)c1cc(-c2ccc(F)cc2)n[nH]1)C(=O)O. The zero-order valence-electron chi connectivity index (χ0n) is 12.7. The number of H-pyrrole nitrogens is 1. The number of carboxylic acids is 1. The van der Waals surface area contributed by atoms with E-state index in [1.54, 1.807) is 12.1 Å². The molecule has 3 N–H and O–H groups in total. The Morgan fingerprint density at radius 2 is 2.04 bits per heavy atom. The molecular formula is C16H18FN3O3. The molecule has 1 atom stereocenters. The number of unbranched alkanes of at least 4 members (excludes halogenated alkanes) is 1. The van der Waals surface area contributed by atoms with Crippen molar-refractivity contribution in [2.24, 2.45) is 0 Å². The Balaban J connectivity index is 2.08. The van der Waals surface area contributed by atoms with Crippen LogP contribution < -0.4 is 5.32 Å². The molecule has 0 fully saturated rings. The van der Waals surface area contributed by atoms with Gasteiger partial charge in [-0.2, -0.15) is 5.10 Å². The Hall–Kier alpha value is -2.70. The molecule has 0 aliphatic carbocycles. The van der Waals surface area contributed by atoms with Crippen molar-refractivity contribution in [3.05, 3.63) is 41.8 Å². The lowest BCUT2D eigenvalue weighted by atomic mass is 10.1. The van der Waals surface area contributed by atoms with Crippen molar-refractivity contribution in [3.63, 3.8) is 0 Å². The average Bonchev–Trinajstić information content (AvgIpc) is 3.01. The second kappa shape index (κ2) is 7.53. The minimum Gasteiger partial charge on any atom is -0.480 e. The highest BCUT2D eigenvalue weighted by Gasteiger charge is 2.21. The molecule has 0 radical (unpaired) electrons. The van der Waals surface area contributed by atoms with Crippen LogP contribution in [0.3, 0.4) is 0 Å². The first-order valence-electron chi connectivity index (χ1n) is 7.36. The first-order valence-corrected chi connectivity index (χ1v) is 7.36. The number of nitrogens with zero attached hydrogens (tertiary/aromatic N) is 1. The Morgan fingerprint density at radius 3 is 2.65 bits per heavy atom. The topological polar surface area (TPSA) is 95.1 Å². The molecule has 0 saturated carbocycles. The van der Waals surface area contributed by atoms with Gasteiger partial charge in [0.15, 0.2) is 0 Å². The third kappa shape index (κ3) is 4.38. The number of nitrogens with one attached hydrogen (secondary N) is 2. The molecule has 2 rings (SSSR count). The number of aromatic nitrogens is 2. The van der Waals surface area contributed by atoms with Crippen molar-refractivity contribution < 1.29 is 19.1 Å². The van der Waals surface area contributed by atoms with Crippen LogP contribution in [0, 0.1) is 5.82 Å². The van der Waals surface area contributed by atoms with E-state index in [4.69, 9.17) is 5.11 Å². The lowest BCUT2D eigenvalue weighted by Crippen LogP contribution is -2.40. The van der Waals surface area contributed by atoms with Gasteiger partial charge in [-0.15, -0.1) is 0 Å². The van der Waals surface area contributed by atoms with E-state index in [0.717, 1.165) is 6.42 Å². The van der Waals surface area contributed by atoms with Crippen LogP contribution in [0.15, 0.2) is 30.3 Å². The molecule has 1 aromatic heterocycles. The van der Waals surface area contributed by atoms with E-state index < -0.39 is 17.9 Å². The van der Waals surface area contributed by atoms with Crippen molar-refractivity contribution >= 4 is 11.9 Å². The lowest BCUT2D eigenvalue weighted by molar-refractivity contribution is -0.139. The number of carboxylic acid groups (broad SMARTS) is 1. The predicted molar refractivity (Wildman–Crippen MR) is 82.4 cm³/mol. The maximum Gasteiger partial charge on any atom is 0.326 e. The minimum atomic E-state index is -1.06. The second-order valence-corrected chi connectivity index (χ2v) is 5.18. The van der Waals surface area contributed by atoms with E-state index in [1.807, 2.05) is 6.92 Å². The number of benzene rings is 1. The summed E-state index contributed by atoms with van der Waals surface area (Å²) in [5.74, 6) is -1.96. The number of carbonyl (C=O) groups is 2. The zero-order chi connectivity index (χ0) is 16.8. The van der Waals surface area contributed by atoms with Gasteiger partial charge in [0, 0.05) is 5.56 Å². The molecule has 7 heteroatoms. The van der Waals surface area contributed by atoms with Gasteiger partial charge in [-0.25, -0.2) is 9.18 Å². The quantitative estimate of drug-likeness (QED) is 0.731. The van der Waals surface area contributed by atoms with Crippen LogP contribution in [0.5, 0.6) is 0 Å². The van der Waals surface area contributed by atoms with E-state index >= 15 is 0 Å². The van der Waals surface area contributed by atoms with Gasteiger partial charge in [-0.05, 0) is 36.8 Å². The normalized spacial score (nSPS) is 11.9. The fourth-order valence-electron chi connectivity index (χ4n) is 2.11. The number of hydrogen-bond donors (Lipinski definition) is 3. The molecular weight excluding hydrogens is 301 g/mol. The van der Waals surface area contributed by atoms with Crippen LogP contribution >= 0.6 is 0 Å². The summed E-state index contributed by atoms with van der Waals surface area (Å²) in [4.78, 5) is 23.3. The van der Waals surface area contributed by atoms with Gasteiger partial charge in [-0.3, -0.25) is 9.89 Å². The number of carbonyl (C=O) groups excluding carboxylic acids is 1. The van der Waals surface area contributed by atoms with Crippen molar-refractivity contribution in [1.29, 1.82) is 0 Å². The van der Waals surface area contributed by atoms with Crippen LogP contribution in [0.1, 0.15) is 36.7 Å². The summed E-state index contributed by atoms with van der Waals surface area (Å²) < 4.78 is 12.9. The standard InChI is InChI=1S/C16H18FN3O3/c1-2-3-4-12(16(22)23)18-15(21)14-9-13(19-20-14)10-5-7-11(17)8-6-10/h5-9,12H,2-4H2,1H3,(H,18,21)(H,19,20)(H,22,23). The van der Waals surface area contributed by atoms with E-state index in [0.29, 0.717) is 24.1 Å². The number of aliphatic carboxylic acids is 1. The fourth-order valence-corrected chi connectivity index (χ4v) is 2.11. The van der Waals surface area contributed by atoms with Gasteiger partial charge >= 0.3 is 5.97 Å². The van der Waals surface area contributed by atoms with Crippen LogP contribution in [0.4, 0.5) is 4.39 Å². The third-order valence-electron chi connectivity index (χ3n) is 3.41. The van der Waals surface area contributed by atoms with Crippen molar-refractivity contribution in [3.8, 4) is 11.3 Å². The number of amides is 1. The second-order valence-electron chi connectivity index (χ2n) is 5.18. The number of rotatable bonds is 7. The maximum atomic E-state index is 12.9. The molecule has 0 bridgehead atoms. The summed E-state index contributed by atoms with van der Waals surface area (Å²) in [5, 5.41) is 18.2. The Bertz CT molecular complexity index is 682. The molecule has 1 aromatic carbocycles. The minimum absolute atomic E-state index is 0.159. The van der Waals surface area contributed by atoms with E-state index in [9.17, 15) is 14.0 Å². The Labute approximate surface area is 132 Å². The highest BCUT2D eigenvalue weighted by Crippen LogP contribution is 2.18. The number of aromatic amines is 1. The van der Waals surface area contributed by atoms with Crippen molar-refractivity contribution in [2.75, 3.05) is 0 Å². The molecule has 6 nitrogen and oxygen atoms in total. The maximum absolute atomic E-state index is 12.9.